The molecule has 0 bridgehead atoms. The lowest BCUT2D eigenvalue weighted by Crippen LogP contribution is -2.06. The summed E-state index contributed by atoms with van der Waals surface area (Å²) in [6.45, 7) is 0. The average Bonchev–Trinajstić information content (AvgIpc) is 4.06. The van der Waals surface area contributed by atoms with Crippen LogP contribution in [-0.2, 0) is 0 Å². The maximum atomic E-state index is 5.33. The third kappa shape index (κ3) is 6.30. The molecule has 6 heteroatoms. The lowest BCUT2D eigenvalue weighted by atomic mass is 10.0. The largest absolute Gasteiger partial charge is 0.309 e. The van der Waals surface area contributed by atoms with Crippen molar-refractivity contribution < 1.29 is 0 Å². The molecule has 0 saturated heterocycles. The molecular weight excluding hydrogens is 841 g/mol. The summed E-state index contributed by atoms with van der Waals surface area (Å²) in [6, 6.07) is 86.4. The SMILES string of the molecule is c1ccc(-c2ccc(-c3nc(-c4ccccc4)nc(-n4c5ccc(-c6ccc7c(c6)c6ccccc6n7-c6ccccc6)cc5c5cc(-n6c7ccccc7c7ccccc76)ccc54)n3)cc2)cc1. The highest BCUT2D eigenvalue weighted by Crippen LogP contribution is 2.40. The monoisotopic (exact) mass is 880 g/mol. The first-order valence-electron chi connectivity index (χ1n) is 23.4. The van der Waals surface area contributed by atoms with Crippen molar-refractivity contribution in [2.45, 2.75) is 0 Å². The molecule has 4 heterocycles. The van der Waals surface area contributed by atoms with Gasteiger partial charge < -0.3 is 9.13 Å². The van der Waals surface area contributed by atoms with Crippen molar-refractivity contribution in [1.29, 1.82) is 0 Å². The van der Waals surface area contributed by atoms with Crippen molar-refractivity contribution in [2.75, 3.05) is 0 Å². The first-order valence-corrected chi connectivity index (χ1v) is 23.4. The van der Waals surface area contributed by atoms with Gasteiger partial charge in [-0.3, -0.25) is 4.57 Å². The molecular formula is C63H40N6. The molecule has 0 atom stereocenters. The molecule has 0 amide bonds. The standard InChI is InChI=1S/C63H40N6/c1-4-16-41(17-5-1)42-28-30-44(31-29-42)62-64-61(43-18-6-2-7-19-43)65-63(66-62)69-59-36-33-46(45-32-35-58-52(38-45)51-24-12-15-27-57(51)67(58)47-20-8-3-9-21-47)39-53(59)54-40-48(34-37-60(54)69)68-55-25-13-10-22-49(55)50-23-11-14-26-56(50)68/h1-40H. The molecule has 322 valence electrons. The number of hydrogen-bond donors (Lipinski definition) is 0. The Hall–Kier alpha value is -9.39. The van der Waals surface area contributed by atoms with Gasteiger partial charge in [0, 0.05) is 54.8 Å². The molecule has 0 radical (unpaired) electrons. The van der Waals surface area contributed by atoms with Crippen LogP contribution in [0.4, 0.5) is 0 Å². The van der Waals surface area contributed by atoms with Gasteiger partial charge in [-0.2, -0.15) is 9.97 Å². The van der Waals surface area contributed by atoms with E-state index in [-0.39, 0.29) is 0 Å². The molecule has 14 rings (SSSR count). The molecule has 0 saturated carbocycles. The van der Waals surface area contributed by atoms with E-state index in [0.717, 1.165) is 66.6 Å². The van der Waals surface area contributed by atoms with E-state index in [4.69, 9.17) is 15.0 Å². The molecule has 10 aromatic carbocycles. The molecule has 69 heavy (non-hydrogen) atoms. The van der Waals surface area contributed by atoms with Gasteiger partial charge in [0.25, 0.3) is 0 Å². The Morgan fingerprint density at radius 2 is 0.580 bits per heavy atom. The summed E-state index contributed by atoms with van der Waals surface area (Å²) in [7, 11) is 0. The predicted molar refractivity (Wildman–Crippen MR) is 285 cm³/mol. The quantitative estimate of drug-likeness (QED) is 0.160. The summed E-state index contributed by atoms with van der Waals surface area (Å²) in [5.74, 6) is 1.77. The van der Waals surface area contributed by atoms with Gasteiger partial charge in [-0.25, -0.2) is 4.98 Å². The van der Waals surface area contributed by atoms with E-state index in [2.05, 4.69) is 232 Å². The average molecular weight is 881 g/mol. The minimum absolute atomic E-state index is 0.554. The zero-order valence-corrected chi connectivity index (χ0v) is 37.3. The van der Waals surface area contributed by atoms with Crippen molar-refractivity contribution in [1.82, 2.24) is 28.7 Å². The van der Waals surface area contributed by atoms with Gasteiger partial charge in [-0.1, -0.05) is 170 Å². The Bertz CT molecular complexity index is 4230. The first-order chi connectivity index (χ1) is 34.2. The van der Waals surface area contributed by atoms with Gasteiger partial charge in [0.15, 0.2) is 11.6 Å². The molecule has 0 aliphatic heterocycles. The fraction of sp³-hybridized carbons (Fsp3) is 0. The zero-order valence-electron chi connectivity index (χ0n) is 37.3. The lowest BCUT2D eigenvalue weighted by molar-refractivity contribution is 0.953. The van der Waals surface area contributed by atoms with Crippen LogP contribution in [0.3, 0.4) is 0 Å². The Morgan fingerprint density at radius 1 is 0.217 bits per heavy atom. The number of fused-ring (bicyclic) bond motifs is 9. The van der Waals surface area contributed by atoms with Gasteiger partial charge in [0.1, 0.15) is 0 Å². The highest BCUT2D eigenvalue weighted by Gasteiger charge is 2.21. The van der Waals surface area contributed by atoms with Gasteiger partial charge in [-0.15, -0.1) is 0 Å². The Labute approximate surface area is 397 Å². The van der Waals surface area contributed by atoms with Crippen LogP contribution in [-0.4, -0.2) is 28.7 Å². The van der Waals surface area contributed by atoms with E-state index in [1.54, 1.807) is 0 Å². The summed E-state index contributed by atoms with van der Waals surface area (Å²) >= 11 is 0. The number of aromatic nitrogens is 6. The highest BCUT2D eigenvalue weighted by atomic mass is 15.2. The molecule has 0 aliphatic carbocycles. The molecule has 6 nitrogen and oxygen atoms in total. The van der Waals surface area contributed by atoms with E-state index in [1.165, 1.54) is 43.6 Å². The van der Waals surface area contributed by atoms with Gasteiger partial charge in [0.2, 0.25) is 5.95 Å². The van der Waals surface area contributed by atoms with Crippen molar-refractivity contribution in [2.24, 2.45) is 0 Å². The van der Waals surface area contributed by atoms with Crippen molar-refractivity contribution in [3.8, 4) is 62.4 Å². The lowest BCUT2D eigenvalue weighted by Gasteiger charge is -2.12. The van der Waals surface area contributed by atoms with Gasteiger partial charge in [0.05, 0.1) is 33.1 Å². The maximum absolute atomic E-state index is 5.33. The van der Waals surface area contributed by atoms with Crippen LogP contribution in [0.5, 0.6) is 0 Å². The topological polar surface area (TPSA) is 53.5 Å². The van der Waals surface area contributed by atoms with E-state index >= 15 is 0 Å². The van der Waals surface area contributed by atoms with Gasteiger partial charge >= 0.3 is 0 Å². The van der Waals surface area contributed by atoms with Crippen LogP contribution in [0.2, 0.25) is 0 Å². The molecule has 0 spiro atoms. The Morgan fingerprint density at radius 3 is 1.16 bits per heavy atom. The van der Waals surface area contributed by atoms with E-state index < -0.39 is 0 Å². The summed E-state index contributed by atoms with van der Waals surface area (Å²) in [5, 5.41) is 7.10. The van der Waals surface area contributed by atoms with Crippen molar-refractivity contribution >= 4 is 65.4 Å². The van der Waals surface area contributed by atoms with Crippen molar-refractivity contribution in [3.63, 3.8) is 0 Å². The van der Waals surface area contributed by atoms with Crippen LogP contribution in [0.15, 0.2) is 243 Å². The van der Waals surface area contributed by atoms with E-state index in [1.807, 2.05) is 24.3 Å². The third-order valence-electron chi connectivity index (χ3n) is 13.7. The number of nitrogens with zero attached hydrogens (tertiary/aromatic N) is 6. The van der Waals surface area contributed by atoms with Gasteiger partial charge in [-0.05, 0) is 95.1 Å². The third-order valence-corrected chi connectivity index (χ3v) is 13.7. The smallest absolute Gasteiger partial charge is 0.238 e. The van der Waals surface area contributed by atoms with Crippen LogP contribution in [0.1, 0.15) is 0 Å². The second kappa shape index (κ2) is 15.6. The highest BCUT2D eigenvalue weighted by molar-refractivity contribution is 6.14. The fourth-order valence-electron chi connectivity index (χ4n) is 10.5. The second-order valence-electron chi connectivity index (χ2n) is 17.7. The minimum atomic E-state index is 0.554. The van der Waals surface area contributed by atoms with Crippen LogP contribution < -0.4 is 0 Å². The zero-order chi connectivity index (χ0) is 45.4. The van der Waals surface area contributed by atoms with Crippen LogP contribution in [0, 0.1) is 0 Å². The Balaban J connectivity index is 1.00. The molecule has 0 N–H and O–H groups in total. The molecule has 4 aromatic heterocycles. The first kappa shape index (κ1) is 38.8. The number of rotatable bonds is 7. The molecule has 14 aromatic rings. The molecule has 0 unspecified atom stereocenters. The number of para-hydroxylation sites is 4. The number of hydrogen-bond acceptors (Lipinski definition) is 3. The number of benzene rings is 10. The van der Waals surface area contributed by atoms with Crippen molar-refractivity contribution in [3.05, 3.63) is 243 Å². The summed E-state index contributed by atoms with van der Waals surface area (Å²) < 4.78 is 6.98. The van der Waals surface area contributed by atoms with Crippen LogP contribution in [0.25, 0.3) is 128 Å². The second-order valence-corrected chi connectivity index (χ2v) is 17.7. The predicted octanol–water partition coefficient (Wildman–Crippen LogP) is 15.8. The normalized spacial score (nSPS) is 11.8. The fourth-order valence-corrected chi connectivity index (χ4v) is 10.5. The summed E-state index contributed by atoms with van der Waals surface area (Å²) in [5.41, 5.74) is 15.3. The summed E-state index contributed by atoms with van der Waals surface area (Å²) in [4.78, 5) is 15.8. The summed E-state index contributed by atoms with van der Waals surface area (Å²) in [6.07, 6.45) is 0. The maximum Gasteiger partial charge on any atom is 0.238 e. The molecule has 0 aliphatic rings. The van der Waals surface area contributed by atoms with E-state index in [9.17, 15) is 0 Å². The Kier molecular flexibility index (Phi) is 8.79. The minimum Gasteiger partial charge on any atom is -0.309 e. The molecule has 0 fully saturated rings. The van der Waals surface area contributed by atoms with E-state index in [0.29, 0.717) is 17.6 Å². The van der Waals surface area contributed by atoms with Crippen LogP contribution >= 0.6 is 0 Å².